The molecule has 0 amide bonds. The van der Waals surface area contributed by atoms with Gasteiger partial charge in [-0.25, -0.2) is 0 Å². The molecule has 1 aromatic rings. The molecule has 0 radical (unpaired) electrons. The molecule has 2 unspecified atom stereocenters. The molecule has 2 rings (SSSR count). The highest BCUT2D eigenvalue weighted by molar-refractivity contribution is 7.10. The van der Waals surface area contributed by atoms with Gasteiger partial charge >= 0.3 is 0 Å². The van der Waals surface area contributed by atoms with Crippen LogP contribution in [0.15, 0.2) is 17.5 Å². The summed E-state index contributed by atoms with van der Waals surface area (Å²) in [7, 11) is 0. The lowest BCUT2D eigenvalue weighted by Gasteiger charge is -2.24. The molecule has 3 heteroatoms. The first-order valence-electron chi connectivity index (χ1n) is 7.85. The van der Waals surface area contributed by atoms with Crippen LogP contribution in [-0.4, -0.2) is 30.6 Å². The molecule has 2 heterocycles. The van der Waals surface area contributed by atoms with E-state index in [4.69, 9.17) is 0 Å². The van der Waals surface area contributed by atoms with E-state index in [9.17, 15) is 0 Å². The summed E-state index contributed by atoms with van der Waals surface area (Å²) < 4.78 is 0. The third-order valence-corrected chi connectivity index (χ3v) is 5.15. The molecule has 1 aromatic heterocycles. The minimum atomic E-state index is 0.572. The van der Waals surface area contributed by atoms with Gasteiger partial charge in [0.1, 0.15) is 0 Å². The molecule has 108 valence electrons. The topological polar surface area (TPSA) is 15.3 Å². The molecular formula is C16H28N2S. The van der Waals surface area contributed by atoms with Crippen LogP contribution in [0.1, 0.15) is 56.9 Å². The molecule has 0 aliphatic carbocycles. The highest BCUT2D eigenvalue weighted by Crippen LogP contribution is 2.25. The van der Waals surface area contributed by atoms with Crippen molar-refractivity contribution in [2.45, 2.75) is 58.0 Å². The van der Waals surface area contributed by atoms with Crippen molar-refractivity contribution >= 4 is 11.3 Å². The van der Waals surface area contributed by atoms with Crippen molar-refractivity contribution in [1.29, 1.82) is 0 Å². The normalized spacial score (nSPS) is 23.2. The van der Waals surface area contributed by atoms with Crippen LogP contribution in [-0.2, 0) is 0 Å². The number of nitrogens with one attached hydrogen (secondary N) is 1. The molecule has 1 aliphatic heterocycles. The lowest BCUT2D eigenvalue weighted by molar-refractivity contribution is 0.294. The minimum Gasteiger partial charge on any atom is -0.306 e. The Labute approximate surface area is 122 Å². The Hall–Kier alpha value is -0.380. The summed E-state index contributed by atoms with van der Waals surface area (Å²) in [5.74, 6) is 0. The predicted octanol–water partition coefficient (Wildman–Crippen LogP) is 4.05. The maximum atomic E-state index is 3.93. The molecule has 1 saturated heterocycles. The number of rotatable bonds is 6. The maximum Gasteiger partial charge on any atom is 0.0416 e. The molecule has 0 bridgehead atoms. The number of nitrogens with zero attached hydrogens (tertiary/aromatic N) is 1. The second-order valence-corrected chi connectivity index (χ2v) is 6.56. The highest BCUT2D eigenvalue weighted by atomic mass is 32.1. The highest BCUT2D eigenvalue weighted by Gasteiger charge is 2.20. The minimum absolute atomic E-state index is 0.572. The van der Waals surface area contributed by atoms with Crippen LogP contribution < -0.4 is 5.32 Å². The van der Waals surface area contributed by atoms with Crippen molar-refractivity contribution in [2.24, 2.45) is 0 Å². The van der Waals surface area contributed by atoms with Crippen LogP contribution in [0, 0.1) is 0 Å². The van der Waals surface area contributed by atoms with E-state index >= 15 is 0 Å². The molecule has 1 N–H and O–H groups in total. The fraction of sp³-hybridized carbons (Fsp3) is 0.750. The van der Waals surface area contributed by atoms with Crippen LogP contribution in [0.5, 0.6) is 0 Å². The lowest BCUT2D eigenvalue weighted by atomic mass is 10.0. The SMILES string of the molecule is CCCC(NC1CCCN(CC)CC1)c1cccs1. The van der Waals surface area contributed by atoms with Crippen molar-refractivity contribution in [2.75, 3.05) is 19.6 Å². The van der Waals surface area contributed by atoms with Crippen LogP contribution in [0.3, 0.4) is 0 Å². The van der Waals surface area contributed by atoms with Gasteiger partial charge in [0.15, 0.2) is 0 Å². The molecule has 1 aliphatic rings. The average Bonchev–Trinajstić information content (AvgIpc) is 2.86. The molecule has 1 fully saturated rings. The Bertz CT molecular complexity index is 337. The molecule has 19 heavy (non-hydrogen) atoms. The summed E-state index contributed by atoms with van der Waals surface area (Å²) in [5, 5.41) is 6.13. The molecule has 0 aromatic carbocycles. The van der Waals surface area contributed by atoms with Gasteiger partial charge in [0.2, 0.25) is 0 Å². The van der Waals surface area contributed by atoms with Gasteiger partial charge in [-0.1, -0.05) is 26.3 Å². The van der Waals surface area contributed by atoms with Crippen molar-refractivity contribution in [3.05, 3.63) is 22.4 Å². The van der Waals surface area contributed by atoms with Crippen molar-refractivity contribution in [3.8, 4) is 0 Å². The Kier molecular flexibility index (Phi) is 6.35. The first-order chi connectivity index (χ1) is 9.33. The van der Waals surface area contributed by atoms with E-state index in [2.05, 4.69) is 41.6 Å². The Morgan fingerprint density at radius 2 is 2.26 bits per heavy atom. The predicted molar refractivity (Wildman–Crippen MR) is 84.9 cm³/mol. The zero-order chi connectivity index (χ0) is 13.5. The second-order valence-electron chi connectivity index (χ2n) is 5.59. The smallest absolute Gasteiger partial charge is 0.0416 e. The van der Waals surface area contributed by atoms with Gasteiger partial charge < -0.3 is 10.2 Å². The summed E-state index contributed by atoms with van der Waals surface area (Å²) >= 11 is 1.90. The first-order valence-corrected chi connectivity index (χ1v) is 8.73. The molecule has 2 atom stereocenters. The van der Waals surface area contributed by atoms with E-state index in [1.165, 1.54) is 56.6 Å². The monoisotopic (exact) mass is 280 g/mol. The molecule has 2 nitrogen and oxygen atoms in total. The first kappa shape index (κ1) is 15.0. The van der Waals surface area contributed by atoms with E-state index < -0.39 is 0 Å². The second kappa shape index (κ2) is 8.03. The zero-order valence-electron chi connectivity index (χ0n) is 12.4. The summed E-state index contributed by atoms with van der Waals surface area (Å²) in [6, 6.07) is 5.74. The van der Waals surface area contributed by atoms with E-state index in [0.717, 1.165) is 0 Å². The number of likely N-dealkylation sites (tertiary alicyclic amines) is 1. The van der Waals surface area contributed by atoms with E-state index in [1.807, 2.05) is 11.3 Å². The number of thiophene rings is 1. The van der Waals surface area contributed by atoms with Crippen molar-refractivity contribution in [1.82, 2.24) is 10.2 Å². The third-order valence-electron chi connectivity index (χ3n) is 4.17. The van der Waals surface area contributed by atoms with Gasteiger partial charge in [0.25, 0.3) is 0 Å². The summed E-state index contributed by atoms with van der Waals surface area (Å²) in [4.78, 5) is 4.10. The van der Waals surface area contributed by atoms with Crippen LogP contribution in [0.2, 0.25) is 0 Å². The van der Waals surface area contributed by atoms with Crippen LogP contribution in [0.25, 0.3) is 0 Å². The largest absolute Gasteiger partial charge is 0.306 e. The van der Waals surface area contributed by atoms with Gasteiger partial charge in [-0.15, -0.1) is 11.3 Å². The van der Waals surface area contributed by atoms with Gasteiger partial charge in [0, 0.05) is 17.0 Å². The van der Waals surface area contributed by atoms with Crippen LogP contribution >= 0.6 is 11.3 Å². The van der Waals surface area contributed by atoms with Crippen molar-refractivity contribution in [3.63, 3.8) is 0 Å². The van der Waals surface area contributed by atoms with Crippen LogP contribution in [0.4, 0.5) is 0 Å². The number of hydrogen-bond acceptors (Lipinski definition) is 3. The zero-order valence-corrected chi connectivity index (χ0v) is 13.2. The Morgan fingerprint density at radius 1 is 1.37 bits per heavy atom. The van der Waals surface area contributed by atoms with E-state index in [1.54, 1.807) is 0 Å². The van der Waals surface area contributed by atoms with E-state index in [-0.39, 0.29) is 0 Å². The Balaban J connectivity index is 1.90. The summed E-state index contributed by atoms with van der Waals surface area (Å²) in [6.45, 7) is 8.31. The lowest BCUT2D eigenvalue weighted by Crippen LogP contribution is -2.33. The standard InChI is InChI=1S/C16H28N2S/c1-3-7-15(16-9-6-13-19-16)17-14-8-5-11-18(4-2)12-10-14/h6,9,13-15,17H,3-5,7-8,10-12H2,1-2H3. The van der Waals surface area contributed by atoms with Gasteiger partial charge in [-0.3, -0.25) is 0 Å². The van der Waals surface area contributed by atoms with Gasteiger partial charge in [0.05, 0.1) is 0 Å². The Morgan fingerprint density at radius 3 is 2.95 bits per heavy atom. The quantitative estimate of drug-likeness (QED) is 0.845. The molecule has 0 saturated carbocycles. The fourth-order valence-corrected chi connectivity index (χ4v) is 3.83. The van der Waals surface area contributed by atoms with E-state index in [0.29, 0.717) is 12.1 Å². The maximum absolute atomic E-state index is 3.93. The number of hydrogen-bond donors (Lipinski definition) is 1. The summed E-state index contributed by atoms with van der Waals surface area (Å²) in [5.41, 5.74) is 0. The average molecular weight is 280 g/mol. The van der Waals surface area contributed by atoms with Gasteiger partial charge in [-0.2, -0.15) is 0 Å². The fourth-order valence-electron chi connectivity index (χ4n) is 3.01. The third kappa shape index (κ3) is 4.59. The molecule has 0 spiro atoms. The van der Waals surface area contributed by atoms with Crippen molar-refractivity contribution < 1.29 is 0 Å². The summed E-state index contributed by atoms with van der Waals surface area (Å²) in [6.07, 6.45) is 6.49. The molecular weight excluding hydrogens is 252 g/mol. The van der Waals surface area contributed by atoms with Gasteiger partial charge in [-0.05, 0) is 56.8 Å².